The second kappa shape index (κ2) is 7.10. The molecule has 1 spiro atoms. The number of carbonyl (C=O) groups excluding carboxylic acids is 1. The molecule has 29 heavy (non-hydrogen) atoms. The number of fused-ring (bicyclic) bond motifs is 2. The lowest BCUT2D eigenvalue weighted by atomic mass is 10.1. The summed E-state index contributed by atoms with van der Waals surface area (Å²) >= 11 is 14.1. The van der Waals surface area contributed by atoms with E-state index in [9.17, 15) is 4.79 Å². The number of thioether (sulfide) groups is 1. The molecule has 0 aliphatic carbocycles. The molecule has 0 radical (unpaired) electrons. The Balaban J connectivity index is 1.56. The van der Waals surface area contributed by atoms with Crippen LogP contribution in [0.2, 0.25) is 10.0 Å². The van der Waals surface area contributed by atoms with Gasteiger partial charge in [0.05, 0.1) is 12.2 Å². The number of nitrogens with one attached hydrogen (secondary N) is 1. The molecule has 3 aromatic carbocycles. The van der Waals surface area contributed by atoms with Crippen molar-refractivity contribution in [3.05, 3.63) is 99.5 Å². The van der Waals surface area contributed by atoms with Gasteiger partial charge >= 0.3 is 0 Å². The fourth-order valence-electron chi connectivity index (χ4n) is 3.63. The zero-order chi connectivity index (χ0) is 20.0. The average molecular weight is 440 g/mol. The van der Waals surface area contributed by atoms with Gasteiger partial charge in [0.2, 0.25) is 4.87 Å². The SMILES string of the molecule is O=C1N(Cc2ccccc2Cl)c2ccc(Cl)cc2C12NN=C(c1ccccc1)S2. The lowest BCUT2D eigenvalue weighted by Gasteiger charge is -2.23. The molecule has 0 saturated carbocycles. The number of carbonyl (C=O) groups is 1. The van der Waals surface area contributed by atoms with Crippen molar-refractivity contribution in [2.75, 3.05) is 4.90 Å². The number of hydrogen-bond acceptors (Lipinski definition) is 4. The van der Waals surface area contributed by atoms with Gasteiger partial charge in [0.15, 0.2) is 0 Å². The van der Waals surface area contributed by atoms with Gasteiger partial charge in [-0.05, 0) is 29.8 Å². The largest absolute Gasteiger partial charge is 0.304 e. The van der Waals surface area contributed by atoms with Gasteiger partial charge in [0.25, 0.3) is 5.91 Å². The lowest BCUT2D eigenvalue weighted by Crippen LogP contribution is -2.44. The highest BCUT2D eigenvalue weighted by atomic mass is 35.5. The number of rotatable bonds is 3. The molecular weight excluding hydrogens is 425 g/mol. The molecule has 0 aromatic heterocycles. The van der Waals surface area contributed by atoms with Crippen molar-refractivity contribution in [2.24, 2.45) is 5.10 Å². The summed E-state index contributed by atoms with van der Waals surface area (Å²) in [5.74, 6) is -0.0885. The lowest BCUT2D eigenvalue weighted by molar-refractivity contribution is -0.121. The minimum Gasteiger partial charge on any atom is -0.304 e. The Morgan fingerprint density at radius 2 is 1.76 bits per heavy atom. The smallest absolute Gasteiger partial charge is 0.270 e. The van der Waals surface area contributed by atoms with Crippen LogP contribution in [0.1, 0.15) is 16.7 Å². The second-order valence-corrected chi connectivity index (χ2v) is 8.87. The number of hydrogen-bond donors (Lipinski definition) is 1. The van der Waals surface area contributed by atoms with Crippen LogP contribution in [-0.2, 0) is 16.2 Å². The van der Waals surface area contributed by atoms with Crippen molar-refractivity contribution < 1.29 is 4.79 Å². The summed E-state index contributed by atoms with van der Waals surface area (Å²) in [7, 11) is 0. The van der Waals surface area contributed by atoms with Crippen molar-refractivity contribution in [3.63, 3.8) is 0 Å². The van der Waals surface area contributed by atoms with Crippen LogP contribution in [0.25, 0.3) is 0 Å². The van der Waals surface area contributed by atoms with Crippen LogP contribution in [0.15, 0.2) is 77.9 Å². The molecule has 7 heteroatoms. The Bertz CT molecular complexity index is 1150. The summed E-state index contributed by atoms with van der Waals surface area (Å²) in [5, 5.41) is 6.46. The number of hydrazone groups is 1. The third-order valence-electron chi connectivity index (χ3n) is 5.05. The van der Waals surface area contributed by atoms with E-state index in [-0.39, 0.29) is 5.91 Å². The van der Waals surface area contributed by atoms with Crippen LogP contribution in [-0.4, -0.2) is 11.0 Å². The fourth-order valence-corrected chi connectivity index (χ4v) is 5.19. The third kappa shape index (κ3) is 3.01. The predicted octanol–water partition coefficient (Wildman–Crippen LogP) is 5.39. The van der Waals surface area contributed by atoms with Crippen molar-refractivity contribution in [1.29, 1.82) is 0 Å². The number of amides is 1. The van der Waals surface area contributed by atoms with Gasteiger partial charge in [0.1, 0.15) is 5.04 Å². The van der Waals surface area contributed by atoms with Crippen LogP contribution >= 0.6 is 35.0 Å². The van der Waals surface area contributed by atoms with Gasteiger partial charge in [0, 0.05) is 21.2 Å². The molecule has 5 rings (SSSR count). The van der Waals surface area contributed by atoms with Crippen molar-refractivity contribution in [2.45, 2.75) is 11.4 Å². The maximum atomic E-state index is 13.7. The average Bonchev–Trinajstić information content (AvgIpc) is 3.28. The molecule has 2 aliphatic rings. The highest BCUT2D eigenvalue weighted by Gasteiger charge is 2.55. The monoisotopic (exact) mass is 439 g/mol. The summed E-state index contributed by atoms with van der Waals surface area (Å²) in [6.07, 6.45) is 0. The topological polar surface area (TPSA) is 44.7 Å². The van der Waals surface area contributed by atoms with Crippen molar-refractivity contribution in [3.8, 4) is 0 Å². The van der Waals surface area contributed by atoms with Crippen LogP contribution < -0.4 is 10.3 Å². The second-order valence-electron chi connectivity index (χ2n) is 6.82. The molecule has 144 valence electrons. The summed E-state index contributed by atoms with van der Waals surface area (Å²) in [6, 6.07) is 22.9. The first-order valence-corrected chi connectivity index (χ1v) is 10.6. The fraction of sp³-hybridized carbons (Fsp3) is 0.0909. The summed E-state index contributed by atoms with van der Waals surface area (Å²) in [4.78, 5) is 14.4. The molecule has 1 unspecified atom stereocenters. The van der Waals surface area contributed by atoms with E-state index in [1.165, 1.54) is 11.8 Å². The third-order valence-corrected chi connectivity index (χ3v) is 6.96. The van der Waals surface area contributed by atoms with Crippen molar-refractivity contribution >= 4 is 51.6 Å². The van der Waals surface area contributed by atoms with E-state index in [0.717, 1.165) is 27.4 Å². The Morgan fingerprint density at radius 3 is 2.55 bits per heavy atom. The predicted molar refractivity (Wildman–Crippen MR) is 119 cm³/mol. The van der Waals surface area contributed by atoms with E-state index in [2.05, 4.69) is 10.5 Å². The van der Waals surface area contributed by atoms with Crippen LogP contribution in [0, 0.1) is 0 Å². The Kier molecular flexibility index (Phi) is 4.54. The highest BCUT2D eigenvalue weighted by molar-refractivity contribution is 8.16. The molecule has 1 N–H and O–H groups in total. The highest BCUT2D eigenvalue weighted by Crippen LogP contribution is 2.51. The standard InChI is InChI=1S/C22H15Cl2N3OS/c23-16-10-11-19-17(12-16)22(26-25-20(29-22)14-6-2-1-3-7-14)21(28)27(19)13-15-8-4-5-9-18(15)24/h1-12,26H,13H2. The first-order chi connectivity index (χ1) is 14.1. The Hall–Kier alpha value is -2.47. The summed E-state index contributed by atoms with van der Waals surface area (Å²) < 4.78 is 0. The molecule has 3 aromatic rings. The first kappa shape index (κ1) is 18.6. The summed E-state index contributed by atoms with van der Waals surface area (Å²) in [6.45, 7) is 0.373. The maximum Gasteiger partial charge on any atom is 0.270 e. The van der Waals surface area contributed by atoms with E-state index >= 15 is 0 Å². The quantitative estimate of drug-likeness (QED) is 0.594. The van der Waals surface area contributed by atoms with Gasteiger partial charge in [-0.25, -0.2) is 0 Å². The van der Waals surface area contributed by atoms with E-state index < -0.39 is 4.87 Å². The van der Waals surface area contributed by atoms with E-state index in [4.69, 9.17) is 23.2 Å². The molecule has 0 bridgehead atoms. The number of nitrogens with zero attached hydrogens (tertiary/aromatic N) is 2. The molecule has 2 aliphatic heterocycles. The first-order valence-electron chi connectivity index (χ1n) is 9.03. The molecular formula is C22H15Cl2N3OS. The molecule has 2 heterocycles. The van der Waals surface area contributed by atoms with Gasteiger partial charge in [-0.2, -0.15) is 5.10 Å². The van der Waals surface area contributed by atoms with E-state index in [1.807, 2.05) is 66.7 Å². The van der Waals surface area contributed by atoms with Gasteiger partial charge in [-0.3, -0.25) is 10.2 Å². The van der Waals surface area contributed by atoms with Gasteiger partial charge in [-0.15, -0.1) is 0 Å². The number of benzene rings is 3. The molecule has 0 fully saturated rings. The molecule has 1 atom stereocenters. The number of anilines is 1. The molecule has 0 saturated heterocycles. The normalized spacial score (nSPS) is 20.0. The summed E-state index contributed by atoms with van der Waals surface area (Å²) in [5.41, 5.74) is 6.57. The number of halogens is 2. The molecule has 4 nitrogen and oxygen atoms in total. The van der Waals surface area contributed by atoms with Crippen LogP contribution in [0.5, 0.6) is 0 Å². The Morgan fingerprint density at radius 1 is 1.00 bits per heavy atom. The van der Waals surface area contributed by atoms with E-state index in [1.54, 1.807) is 11.0 Å². The maximum absolute atomic E-state index is 13.7. The molecule has 1 amide bonds. The van der Waals surface area contributed by atoms with Crippen LogP contribution in [0.3, 0.4) is 0 Å². The van der Waals surface area contributed by atoms with Crippen molar-refractivity contribution in [1.82, 2.24) is 5.43 Å². The zero-order valence-corrected chi connectivity index (χ0v) is 17.4. The Labute approximate surface area is 182 Å². The van der Waals surface area contributed by atoms with Gasteiger partial charge in [-0.1, -0.05) is 83.5 Å². The minimum atomic E-state index is -1.04. The van der Waals surface area contributed by atoms with Gasteiger partial charge < -0.3 is 4.90 Å². The zero-order valence-electron chi connectivity index (χ0n) is 15.1. The van der Waals surface area contributed by atoms with E-state index in [0.29, 0.717) is 16.6 Å². The minimum absolute atomic E-state index is 0.0885. The van der Waals surface area contributed by atoms with Crippen LogP contribution in [0.4, 0.5) is 5.69 Å².